The number of aliphatic hydroxyl groups excluding tert-OH is 1. The topological polar surface area (TPSA) is 73.6 Å². The van der Waals surface area contributed by atoms with Crippen molar-refractivity contribution in [2.24, 2.45) is 11.8 Å². The fourth-order valence-electron chi connectivity index (χ4n) is 1.86. The van der Waals surface area contributed by atoms with Gasteiger partial charge in [-0.25, -0.2) is 4.79 Å². The monoisotopic (exact) mass is 240 g/mol. The first-order valence-corrected chi connectivity index (χ1v) is 5.86. The molecule has 0 aromatic rings. The maximum absolute atomic E-state index is 11.8. The zero-order valence-corrected chi connectivity index (χ0v) is 10.6. The molecule has 5 heteroatoms. The molecule has 1 aliphatic heterocycles. The van der Waals surface area contributed by atoms with Crippen LogP contribution in [-0.4, -0.2) is 41.4 Å². The van der Waals surface area contributed by atoms with Crippen LogP contribution in [0.5, 0.6) is 0 Å². The van der Waals surface area contributed by atoms with E-state index < -0.39 is 5.60 Å². The van der Waals surface area contributed by atoms with E-state index in [4.69, 9.17) is 15.1 Å². The predicted molar refractivity (Wildman–Crippen MR) is 62.1 cm³/mol. The van der Waals surface area contributed by atoms with E-state index in [0.717, 1.165) is 0 Å². The van der Waals surface area contributed by atoms with Crippen LogP contribution in [0, 0.1) is 23.2 Å². The number of likely N-dealkylation sites (tertiary alicyclic amines) is 1. The molecule has 5 nitrogen and oxygen atoms in total. The van der Waals surface area contributed by atoms with Crippen LogP contribution >= 0.6 is 0 Å². The van der Waals surface area contributed by atoms with Gasteiger partial charge in [0.2, 0.25) is 0 Å². The van der Waals surface area contributed by atoms with E-state index in [0.29, 0.717) is 19.5 Å². The van der Waals surface area contributed by atoms with Gasteiger partial charge in [0, 0.05) is 25.6 Å². The van der Waals surface area contributed by atoms with Gasteiger partial charge in [-0.1, -0.05) is 0 Å². The van der Waals surface area contributed by atoms with Gasteiger partial charge in [0.05, 0.1) is 12.0 Å². The smallest absolute Gasteiger partial charge is 0.410 e. The lowest BCUT2D eigenvalue weighted by atomic mass is 9.87. The fraction of sp³-hybridized carbons (Fsp3) is 0.833. The number of ether oxygens (including phenoxy) is 1. The Morgan fingerprint density at radius 1 is 1.59 bits per heavy atom. The number of rotatable bonds is 1. The van der Waals surface area contributed by atoms with Gasteiger partial charge in [-0.05, 0) is 27.2 Å². The van der Waals surface area contributed by atoms with Gasteiger partial charge in [-0.3, -0.25) is 0 Å². The van der Waals surface area contributed by atoms with Gasteiger partial charge in [0.15, 0.2) is 0 Å². The molecule has 1 heterocycles. The number of nitrogens with zero attached hydrogens (tertiary/aromatic N) is 2. The van der Waals surface area contributed by atoms with E-state index in [1.54, 1.807) is 4.90 Å². The van der Waals surface area contributed by atoms with E-state index in [1.165, 1.54) is 0 Å². The molecule has 0 spiro atoms. The largest absolute Gasteiger partial charge is 0.444 e. The summed E-state index contributed by atoms with van der Waals surface area (Å²) in [6.07, 6.45) is 0.266. The second-order valence-corrected chi connectivity index (χ2v) is 5.39. The Balaban J connectivity index is 2.58. The molecular formula is C12H20N2O3. The minimum absolute atomic E-state index is 0.000382. The fourth-order valence-corrected chi connectivity index (χ4v) is 1.86. The molecule has 96 valence electrons. The molecule has 0 saturated carbocycles. The molecule has 1 rings (SSSR count). The van der Waals surface area contributed by atoms with Crippen LogP contribution in [0.3, 0.4) is 0 Å². The number of amides is 1. The summed E-state index contributed by atoms with van der Waals surface area (Å²) in [4.78, 5) is 13.3. The highest BCUT2D eigenvalue weighted by Crippen LogP contribution is 2.24. The summed E-state index contributed by atoms with van der Waals surface area (Å²) >= 11 is 0. The third-order valence-electron chi connectivity index (χ3n) is 2.81. The van der Waals surface area contributed by atoms with Crippen LogP contribution in [0.25, 0.3) is 0 Å². The van der Waals surface area contributed by atoms with Crippen molar-refractivity contribution >= 4 is 6.09 Å². The van der Waals surface area contributed by atoms with Crippen LogP contribution in [0.1, 0.15) is 27.2 Å². The predicted octanol–water partition coefficient (Wildman–Crippen LogP) is 1.38. The van der Waals surface area contributed by atoms with Crippen molar-refractivity contribution in [1.29, 1.82) is 5.26 Å². The summed E-state index contributed by atoms with van der Waals surface area (Å²) in [7, 11) is 0. The van der Waals surface area contributed by atoms with Crippen molar-refractivity contribution in [2.45, 2.75) is 32.8 Å². The number of carbonyl (C=O) groups excluding carboxylic acids is 1. The van der Waals surface area contributed by atoms with Crippen LogP contribution in [0.2, 0.25) is 0 Å². The minimum atomic E-state index is -0.521. The maximum Gasteiger partial charge on any atom is 0.410 e. The molecule has 0 aromatic heterocycles. The van der Waals surface area contributed by atoms with Crippen molar-refractivity contribution in [3.63, 3.8) is 0 Å². The number of nitriles is 1. The Labute approximate surface area is 102 Å². The maximum atomic E-state index is 11.8. The van der Waals surface area contributed by atoms with Gasteiger partial charge >= 0.3 is 6.09 Å². The van der Waals surface area contributed by atoms with Crippen LogP contribution in [-0.2, 0) is 4.74 Å². The van der Waals surface area contributed by atoms with E-state index in [2.05, 4.69) is 6.07 Å². The van der Waals surface area contributed by atoms with E-state index in [1.807, 2.05) is 20.8 Å². The van der Waals surface area contributed by atoms with Crippen LogP contribution in [0.15, 0.2) is 0 Å². The lowest BCUT2D eigenvalue weighted by Gasteiger charge is -2.35. The third-order valence-corrected chi connectivity index (χ3v) is 2.81. The molecular weight excluding hydrogens is 220 g/mol. The molecule has 1 amide bonds. The molecule has 0 bridgehead atoms. The normalized spacial score (nSPS) is 25.2. The van der Waals surface area contributed by atoms with E-state index in [-0.39, 0.29) is 24.5 Å². The highest BCUT2D eigenvalue weighted by molar-refractivity contribution is 5.68. The first-order valence-electron chi connectivity index (χ1n) is 5.86. The number of hydrogen-bond donors (Lipinski definition) is 1. The van der Waals surface area contributed by atoms with Crippen LogP contribution < -0.4 is 0 Å². The molecule has 1 aliphatic rings. The second-order valence-electron chi connectivity index (χ2n) is 5.39. The number of hydrogen-bond acceptors (Lipinski definition) is 4. The highest BCUT2D eigenvalue weighted by atomic mass is 16.6. The van der Waals surface area contributed by atoms with Gasteiger partial charge < -0.3 is 14.7 Å². The van der Waals surface area contributed by atoms with Gasteiger partial charge in [0.1, 0.15) is 5.60 Å². The summed E-state index contributed by atoms with van der Waals surface area (Å²) in [5.74, 6) is -0.333. The lowest BCUT2D eigenvalue weighted by Crippen LogP contribution is -2.46. The van der Waals surface area contributed by atoms with Crippen molar-refractivity contribution in [3.8, 4) is 6.07 Å². The second kappa shape index (κ2) is 5.37. The molecule has 1 N–H and O–H groups in total. The van der Waals surface area contributed by atoms with Gasteiger partial charge in [-0.2, -0.15) is 5.26 Å². The van der Waals surface area contributed by atoms with Crippen molar-refractivity contribution in [1.82, 2.24) is 4.90 Å². The average molecular weight is 240 g/mol. The Hall–Kier alpha value is -1.28. The van der Waals surface area contributed by atoms with Crippen LogP contribution in [0.4, 0.5) is 4.79 Å². The summed E-state index contributed by atoms with van der Waals surface area (Å²) < 4.78 is 5.25. The SMILES string of the molecule is CC(C)(C)OC(=O)N1CCC(CO)[C@H](C#N)C1. The van der Waals surface area contributed by atoms with Crippen molar-refractivity contribution < 1.29 is 14.6 Å². The summed E-state index contributed by atoms with van der Waals surface area (Å²) in [5, 5.41) is 18.1. The Bertz CT molecular complexity index is 317. The number of aliphatic hydroxyl groups is 1. The minimum Gasteiger partial charge on any atom is -0.444 e. The average Bonchev–Trinajstić information content (AvgIpc) is 2.25. The standard InChI is InChI=1S/C12H20N2O3/c1-12(2,3)17-11(16)14-5-4-9(8-15)10(6-13)7-14/h9-10,15H,4-5,7-8H2,1-3H3/t9?,10-/m1/s1. The molecule has 1 fully saturated rings. The number of carbonyl (C=O) groups is 1. The lowest BCUT2D eigenvalue weighted by molar-refractivity contribution is 0.0103. The molecule has 1 saturated heterocycles. The molecule has 0 aliphatic carbocycles. The van der Waals surface area contributed by atoms with Crippen molar-refractivity contribution in [2.75, 3.05) is 19.7 Å². The molecule has 0 aromatic carbocycles. The zero-order chi connectivity index (χ0) is 13.1. The van der Waals surface area contributed by atoms with Crippen molar-refractivity contribution in [3.05, 3.63) is 0 Å². The first kappa shape index (κ1) is 13.8. The molecule has 17 heavy (non-hydrogen) atoms. The number of piperidine rings is 1. The Kier molecular flexibility index (Phi) is 4.35. The van der Waals surface area contributed by atoms with E-state index >= 15 is 0 Å². The molecule has 2 atom stereocenters. The summed E-state index contributed by atoms with van der Waals surface area (Å²) in [5.41, 5.74) is -0.521. The Morgan fingerprint density at radius 3 is 2.71 bits per heavy atom. The molecule has 0 radical (unpaired) electrons. The van der Waals surface area contributed by atoms with Gasteiger partial charge in [-0.15, -0.1) is 0 Å². The zero-order valence-electron chi connectivity index (χ0n) is 10.6. The Morgan fingerprint density at radius 2 is 2.24 bits per heavy atom. The van der Waals surface area contributed by atoms with Gasteiger partial charge in [0.25, 0.3) is 0 Å². The first-order chi connectivity index (χ1) is 7.87. The summed E-state index contributed by atoms with van der Waals surface area (Å²) in [6, 6.07) is 2.14. The quantitative estimate of drug-likeness (QED) is 0.751. The summed E-state index contributed by atoms with van der Waals surface area (Å²) in [6.45, 7) is 6.32. The van der Waals surface area contributed by atoms with E-state index in [9.17, 15) is 4.79 Å². The third kappa shape index (κ3) is 3.90. The highest BCUT2D eigenvalue weighted by Gasteiger charge is 2.33. The molecule has 1 unspecified atom stereocenters.